The van der Waals surface area contributed by atoms with Crippen molar-refractivity contribution in [2.24, 2.45) is 17.8 Å². The van der Waals surface area contributed by atoms with Crippen LogP contribution in [-0.2, 0) is 19.6 Å². The molecular formula is C24H31ClN2O5S. The Morgan fingerprint density at radius 1 is 1.03 bits per heavy atom. The van der Waals surface area contributed by atoms with Gasteiger partial charge in [0.05, 0.1) is 15.5 Å². The molecule has 33 heavy (non-hydrogen) atoms. The van der Waals surface area contributed by atoms with Crippen molar-refractivity contribution in [1.82, 2.24) is 9.62 Å². The summed E-state index contributed by atoms with van der Waals surface area (Å²) in [6, 6.07) is 4.05. The Morgan fingerprint density at radius 3 is 2.24 bits per heavy atom. The van der Waals surface area contributed by atoms with Gasteiger partial charge in [0, 0.05) is 18.6 Å². The third-order valence-corrected chi connectivity index (χ3v) is 10.1. The second kappa shape index (κ2) is 8.86. The summed E-state index contributed by atoms with van der Waals surface area (Å²) in [4.78, 5) is 25.4. The molecule has 1 heterocycles. The molecule has 0 radical (unpaired) electrons. The number of ether oxygens (including phenoxy) is 1. The highest BCUT2D eigenvalue weighted by Crippen LogP contribution is 2.55. The SMILES string of the molecule is O=C(COC(=O)c1cc(S(=O)(=O)N2CCCCC2)ccc1Cl)NC12CC3CC(CC(C3)C1)C2. The molecule has 0 atom stereocenters. The van der Waals surface area contributed by atoms with Crippen LogP contribution in [0.2, 0.25) is 5.02 Å². The van der Waals surface area contributed by atoms with E-state index in [-0.39, 0.29) is 26.9 Å². The summed E-state index contributed by atoms with van der Waals surface area (Å²) in [6.45, 7) is 0.532. The lowest BCUT2D eigenvalue weighted by atomic mass is 9.53. The fourth-order valence-corrected chi connectivity index (χ4v) is 8.62. The zero-order valence-electron chi connectivity index (χ0n) is 18.7. The molecule has 9 heteroatoms. The number of piperidine rings is 1. The first-order valence-corrected chi connectivity index (χ1v) is 13.8. The van der Waals surface area contributed by atoms with Crippen LogP contribution in [-0.4, -0.2) is 49.8 Å². The Kier molecular flexibility index (Phi) is 6.20. The number of benzene rings is 1. The molecule has 1 N–H and O–H groups in total. The molecule has 1 aliphatic heterocycles. The van der Waals surface area contributed by atoms with Crippen LogP contribution in [0.3, 0.4) is 0 Å². The molecule has 5 fully saturated rings. The Morgan fingerprint density at radius 2 is 1.64 bits per heavy atom. The van der Waals surface area contributed by atoms with Gasteiger partial charge in [-0.15, -0.1) is 0 Å². The number of halogens is 1. The van der Waals surface area contributed by atoms with Crippen molar-refractivity contribution in [3.8, 4) is 0 Å². The monoisotopic (exact) mass is 494 g/mol. The number of nitrogens with one attached hydrogen (secondary N) is 1. The van der Waals surface area contributed by atoms with Crippen LogP contribution in [0.25, 0.3) is 0 Å². The van der Waals surface area contributed by atoms with Gasteiger partial charge in [0.2, 0.25) is 10.0 Å². The summed E-state index contributed by atoms with van der Waals surface area (Å²) in [5.41, 5.74) is -0.199. The molecule has 0 aromatic heterocycles. The highest BCUT2D eigenvalue weighted by Gasteiger charge is 2.51. The fourth-order valence-electron chi connectivity index (χ4n) is 6.88. The number of hydrogen-bond acceptors (Lipinski definition) is 5. The van der Waals surface area contributed by atoms with Gasteiger partial charge in [0.15, 0.2) is 6.61 Å². The smallest absolute Gasteiger partial charge is 0.340 e. The molecule has 4 bridgehead atoms. The quantitative estimate of drug-likeness (QED) is 0.608. The van der Waals surface area contributed by atoms with Crippen molar-refractivity contribution in [2.45, 2.75) is 68.2 Å². The fraction of sp³-hybridized carbons (Fsp3) is 0.667. The standard InChI is InChI=1S/C24H31ClN2O5S/c25-21-5-4-19(33(30,31)27-6-2-1-3-7-27)11-20(21)23(29)32-15-22(28)26-24-12-16-8-17(13-24)10-18(9-16)14-24/h4-5,11,16-18H,1-3,6-10,12-15H2,(H,26,28). The van der Waals surface area contributed by atoms with Crippen molar-refractivity contribution >= 4 is 33.5 Å². The van der Waals surface area contributed by atoms with E-state index in [0.717, 1.165) is 38.5 Å². The molecule has 0 unspecified atom stereocenters. The zero-order valence-corrected chi connectivity index (χ0v) is 20.3. The molecule has 4 saturated carbocycles. The lowest BCUT2D eigenvalue weighted by molar-refractivity contribution is -0.130. The zero-order chi connectivity index (χ0) is 23.2. The Hall–Kier alpha value is -1.64. The van der Waals surface area contributed by atoms with Gasteiger partial charge >= 0.3 is 5.97 Å². The lowest BCUT2D eigenvalue weighted by Crippen LogP contribution is -2.60. The Balaban J connectivity index is 1.23. The average Bonchev–Trinajstić information content (AvgIpc) is 2.77. The van der Waals surface area contributed by atoms with E-state index >= 15 is 0 Å². The molecule has 5 aliphatic rings. The van der Waals surface area contributed by atoms with Crippen LogP contribution in [0.4, 0.5) is 0 Å². The van der Waals surface area contributed by atoms with Crippen molar-refractivity contribution in [2.75, 3.05) is 19.7 Å². The van der Waals surface area contributed by atoms with Gasteiger partial charge in [0.25, 0.3) is 5.91 Å². The van der Waals surface area contributed by atoms with E-state index in [9.17, 15) is 18.0 Å². The van der Waals surface area contributed by atoms with Gasteiger partial charge in [0.1, 0.15) is 0 Å². The first-order chi connectivity index (χ1) is 15.7. The molecule has 7 nitrogen and oxygen atoms in total. The summed E-state index contributed by atoms with van der Waals surface area (Å²) in [7, 11) is -3.71. The molecule has 180 valence electrons. The van der Waals surface area contributed by atoms with E-state index in [4.69, 9.17) is 16.3 Å². The van der Waals surface area contributed by atoms with Gasteiger partial charge in [-0.05, 0) is 87.3 Å². The maximum atomic E-state index is 13.0. The van der Waals surface area contributed by atoms with Crippen molar-refractivity contribution in [3.63, 3.8) is 0 Å². The number of sulfonamides is 1. The van der Waals surface area contributed by atoms with Crippen LogP contribution in [0.5, 0.6) is 0 Å². The van der Waals surface area contributed by atoms with Gasteiger partial charge < -0.3 is 10.1 Å². The Bertz CT molecular complexity index is 1020. The van der Waals surface area contributed by atoms with Crippen molar-refractivity contribution < 1.29 is 22.7 Å². The molecule has 0 spiro atoms. The van der Waals surface area contributed by atoms with E-state index in [1.807, 2.05) is 0 Å². The third-order valence-electron chi connectivity index (χ3n) is 7.89. The molecule has 1 amide bonds. The molecule has 4 aliphatic carbocycles. The summed E-state index contributed by atoms with van der Waals surface area (Å²) in [5, 5.41) is 3.27. The van der Waals surface area contributed by atoms with E-state index < -0.39 is 22.6 Å². The minimum Gasteiger partial charge on any atom is -0.452 e. The van der Waals surface area contributed by atoms with Crippen molar-refractivity contribution in [3.05, 3.63) is 28.8 Å². The average molecular weight is 495 g/mol. The highest BCUT2D eigenvalue weighted by molar-refractivity contribution is 7.89. The first-order valence-electron chi connectivity index (χ1n) is 12.0. The minimum atomic E-state index is -3.71. The topological polar surface area (TPSA) is 92.8 Å². The highest BCUT2D eigenvalue weighted by atomic mass is 35.5. The number of carbonyl (C=O) groups excluding carboxylic acids is 2. The second-order valence-electron chi connectivity index (χ2n) is 10.4. The largest absolute Gasteiger partial charge is 0.452 e. The van der Waals surface area contributed by atoms with Gasteiger partial charge in [-0.1, -0.05) is 18.0 Å². The Labute approximate surface area is 200 Å². The molecule has 6 rings (SSSR count). The van der Waals surface area contributed by atoms with E-state index in [1.54, 1.807) is 0 Å². The number of esters is 1. The van der Waals surface area contributed by atoms with Crippen LogP contribution < -0.4 is 5.32 Å². The van der Waals surface area contributed by atoms with Crippen LogP contribution in [0, 0.1) is 17.8 Å². The van der Waals surface area contributed by atoms with Crippen LogP contribution in [0.15, 0.2) is 23.1 Å². The maximum Gasteiger partial charge on any atom is 0.340 e. The van der Waals surface area contributed by atoms with E-state index in [1.165, 1.54) is 41.8 Å². The second-order valence-corrected chi connectivity index (χ2v) is 12.8. The van der Waals surface area contributed by atoms with Crippen molar-refractivity contribution in [1.29, 1.82) is 0 Å². The first kappa shape index (κ1) is 23.1. The molecule has 1 saturated heterocycles. The van der Waals surface area contributed by atoms with Crippen LogP contribution in [0.1, 0.15) is 68.1 Å². The van der Waals surface area contributed by atoms with Crippen LogP contribution >= 0.6 is 11.6 Å². The van der Waals surface area contributed by atoms with E-state index in [2.05, 4.69) is 5.32 Å². The maximum absolute atomic E-state index is 13.0. The van der Waals surface area contributed by atoms with Gasteiger partial charge in [-0.2, -0.15) is 4.31 Å². The summed E-state index contributed by atoms with van der Waals surface area (Å²) in [6.07, 6.45) is 9.53. The summed E-state index contributed by atoms with van der Waals surface area (Å²) in [5.74, 6) is 0.988. The van der Waals surface area contributed by atoms with Gasteiger partial charge in [-0.25, -0.2) is 13.2 Å². The number of carbonyl (C=O) groups is 2. The van der Waals surface area contributed by atoms with Gasteiger partial charge in [-0.3, -0.25) is 4.79 Å². The summed E-state index contributed by atoms with van der Waals surface area (Å²) < 4.78 is 32.6. The van der Waals surface area contributed by atoms with E-state index in [0.29, 0.717) is 30.8 Å². The number of amides is 1. The number of hydrogen-bond donors (Lipinski definition) is 1. The number of nitrogens with zero attached hydrogens (tertiary/aromatic N) is 1. The predicted octanol–water partition coefficient (Wildman–Crippen LogP) is 3.76. The third kappa shape index (κ3) is 4.66. The number of rotatable bonds is 6. The lowest BCUT2D eigenvalue weighted by Gasteiger charge is -2.56. The predicted molar refractivity (Wildman–Crippen MR) is 123 cm³/mol. The minimum absolute atomic E-state index is 0.0127. The molecular weight excluding hydrogens is 464 g/mol. The summed E-state index contributed by atoms with van der Waals surface area (Å²) >= 11 is 6.18. The molecule has 1 aromatic carbocycles. The molecule has 1 aromatic rings. The normalized spacial score (nSPS) is 31.4.